The maximum Gasteiger partial charge on any atom is 0.358 e. The first-order valence-corrected chi connectivity index (χ1v) is 7.06. The molecule has 2 N–H and O–H groups in total. The third-order valence-electron chi connectivity index (χ3n) is 1.97. The second-order valence-electron chi connectivity index (χ2n) is 4.24. The fraction of sp³-hybridized carbons (Fsp3) is 0.667. The predicted octanol–water partition coefficient (Wildman–Crippen LogP) is -0.448. The topological polar surface area (TPSA) is 114 Å². The van der Waals surface area contributed by atoms with Gasteiger partial charge in [0.25, 0.3) is 0 Å². The highest BCUT2D eigenvalue weighted by Gasteiger charge is 2.12. The van der Waals surface area contributed by atoms with E-state index in [1.54, 1.807) is 0 Å². The molecule has 18 heavy (non-hydrogen) atoms. The molecule has 9 heteroatoms. The summed E-state index contributed by atoms with van der Waals surface area (Å²) in [6, 6.07) is 0. The average Bonchev–Trinajstić information content (AvgIpc) is 2.63. The molecule has 1 aromatic rings. The molecular formula is C9H16N4O4S. The van der Waals surface area contributed by atoms with Gasteiger partial charge in [0, 0.05) is 6.54 Å². The molecule has 0 spiro atoms. The van der Waals surface area contributed by atoms with Gasteiger partial charge in [0.1, 0.15) is 0 Å². The molecule has 0 aromatic carbocycles. The van der Waals surface area contributed by atoms with E-state index in [0.717, 1.165) is 0 Å². The molecule has 0 atom stereocenters. The third kappa shape index (κ3) is 4.80. The number of sulfonamides is 1. The molecule has 0 aliphatic carbocycles. The fourth-order valence-corrected chi connectivity index (χ4v) is 2.72. The van der Waals surface area contributed by atoms with Crippen molar-refractivity contribution in [2.45, 2.75) is 20.4 Å². The van der Waals surface area contributed by atoms with Crippen LogP contribution in [0.5, 0.6) is 0 Å². The number of nitrogens with zero attached hydrogens (tertiary/aromatic N) is 3. The third-order valence-corrected chi connectivity index (χ3v) is 3.72. The van der Waals surface area contributed by atoms with Crippen molar-refractivity contribution in [3.63, 3.8) is 0 Å². The number of hydrogen-bond acceptors (Lipinski definition) is 5. The Morgan fingerprint density at radius 2 is 2.22 bits per heavy atom. The Balaban J connectivity index is 2.44. The van der Waals surface area contributed by atoms with Gasteiger partial charge in [-0.2, -0.15) is 0 Å². The summed E-state index contributed by atoms with van der Waals surface area (Å²) in [4.78, 5) is 10.5. The smallest absolute Gasteiger partial charge is 0.358 e. The van der Waals surface area contributed by atoms with Crippen molar-refractivity contribution in [1.29, 1.82) is 0 Å². The van der Waals surface area contributed by atoms with Gasteiger partial charge in [0.2, 0.25) is 10.0 Å². The van der Waals surface area contributed by atoms with Crippen molar-refractivity contribution in [3.8, 4) is 0 Å². The van der Waals surface area contributed by atoms with E-state index in [0.29, 0.717) is 0 Å². The Hall–Kier alpha value is -1.48. The van der Waals surface area contributed by atoms with E-state index in [1.807, 2.05) is 13.8 Å². The maximum atomic E-state index is 11.5. The molecular weight excluding hydrogens is 260 g/mol. The van der Waals surface area contributed by atoms with Gasteiger partial charge in [-0.3, -0.25) is 4.68 Å². The summed E-state index contributed by atoms with van der Waals surface area (Å²) < 4.78 is 26.7. The Labute approximate surface area is 105 Å². The molecule has 0 amide bonds. The molecule has 0 aliphatic heterocycles. The molecule has 1 heterocycles. The van der Waals surface area contributed by atoms with Crippen molar-refractivity contribution in [2.24, 2.45) is 5.92 Å². The molecule has 0 saturated carbocycles. The highest BCUT2D eigenvalue weighted by molar-refractivity contribution is 7.89. The Morgan fingerprint density at radius 1 is 1.56 bits per heavy atom. The lowest BCUT2D eigenvalue weighted by atomic mass is 10.3. The van der Waals surface area contributed by atoms with E-state index < -0.39 is 16.0 Å². The summed E-state index contributed by atoms with van der Waals surface area (Å²) in [6.07, 6.45) is 1.25. The van der Waals surface area contributed by atoms with Crippen LogP contribution in [0.3, 0.4) is 0 Å². The normalized spacial score (nSPS) is 11.9. The zero-order chi connectivity index (χ0) is 13.8. The number of carboxylic acids is 1. The minimum atomic E-state index is -3.29. The van der Waals surface area contributed by atoms with Gasteiger partial charge in [-0.1, -0.05) is 19.1 Å². The second kappa shape index (κ2) is 5.91. The molecule has 0 unspecified atom stereocenters. The molecule has 8 nitrogen and oxygen atoms in total. The van der Waals surface area contributed by atoms with E-state index in [1.165, 1.54) is 10.9 Å². The van der Waals surface area contributed by atoms with E-state index in [9.17, 15) is 13.2 Å². The lowest BCUT2D eigenvalue weighted by Crippen LogP contribution is -2.31. The van der Waals surface area contributed by atoms with Gasteiger partial charge < -0.3 is 5.11 Å². The van der Waals surface area contributed by atoms with E-state index in [-0.39, 0.29) is 30.5 Å². The summed E-state index contributed by atoms with van der Waals surface area (Å²) in [5, 5.41) is 15.6. The van der Waals surface area contributed by atoms with Gasteiger partial charge in [-0.25, -0.2) is 17.9 Å². The molecule has 1 aromatic heterocycles. The van der Waals surface area contributed by atoms with Crippen LogP contribution in [0.4, 0.5) is 0 Å². The van der Waals surface area contributed by atoms with Crippen molar-refractivity contribution in [1.82, 2.24) is 19.7 Å². The molecule has 0 aliphatic rings. The number of aromatic carboxylic acids is 1. The van der Waals surface area contributed by atoms with Crippen molar-refractivity contribution < 1.29 is 18.3 Å². The number of carboxylic acid groups (broad SMARTS) is 1. The quantitative estimate of drug-likeness (QED) is 0.697. The first kappa shape index (κ1) is 14.6. The minimum Gasteiger partial charge on any atom is -0.476 e. The van der Waals surface area contributed by atoms with Gasteiger partial charge in [-0.05, 0) is 5.92 Å². The largest absolute Gasteiger partial charge is 0.476 e. The lowest BCUT2D eigenvalue weighted by molar-refractivity contribution is 0.0690. The monoisotopic (exact) mass is 276 g/mol. The van der Waals surface area contributed by atoms with Crippen LogP contribution in [0.25, 0.3) is 0 Å². The summed E-state index contributed by atoms with van der Waals surface area (Å²) in [5.41, 5.74) is -0.167. The first-order valence-electron chi connectivity index (χ1n) is 5.41. The lowest BCUT2D eigenvalue weighted by Gasteiger charge is -2.08. The number of hydrogen-bond donors (Lipinski definition) is 2. The second-order valence-corrected chi connectivity index (χ2v) is 6.09. The van der Waals surface area contributed by atoms with Crippen LogP contribution < -0.4 is 4.72 Å². The van der Waals surface area contributed by atoms with E-state index in [4.69, 9.17) is 5.11 Å². The summed E-state index contributed by atoms with van der Waals surface area (Å²) in [5.74, 6) is -1.06. The van der Waals surface area contributed by atoms with Gasteiger partial charge >= 0.3 is 5.97 Å². The van der Waals surface area contributed by atoms with Crippen LogP contribution in [0.15, 0.2) is 6.20 Å². The van der Waals surface area contributed by atoms with Gasteiger partial charge in [0.15, 0.2) is 5.69 Å². The van der Waals surface area contributed by atoms with Crippen molar-refractivity contribution >= 4 is 16.0 Å². The molecule has 0 fully saturated rings. The summed E-state index contributed by atoms with van der Waals surface area (Å²) in [6.45, 7) is 4.01. The first-order chi connectivity index (χ1) is 8.30. The predicted molar refractivity (Wildman–Crippen MR) is 63.6 cm³/mol. The molecule has 1 rings (SSSR count). The SMILES string of the molecule is CC(C)CS(=O)(=O)NCCn1cc(C(=O)O)nn1. The van der Waals surface area contributed by atoms with Gasteiger partial charge in [0.05, 0.1) is 18.5 Å². The van der Waals surface area contributed by atoms with Crippen LogP contribution in [-0.4, -0.2) is 46.8 Å². The molecule has 102 valence electrons. The zero-order valence-corrected chi connectivity index (χ0v) is 11.0. The van der Waals surface area contributed by atoms with Crippen LogP contribution >= 0.6 is 0 Å². The zero-order valence-electron chi connectivity index (χ0n) is 10.2. The van der Waals surface area contributed by atoms with Crippen LogP contribution in [0, 0.1) is 5.92 Å². The Kier molecular flexibility index (Phi) is 4.79. The number of nitrogens with one attached hydrogen (secondary N) is 1. The minimum absolute atomic E-state index is 0.0486. The number of rotatable bonds is 7. The van der Waals surface area contributed by atoms with Crippen LogP contribution in [-0.2, 0) is 16.6 Å². The standard InChI is InChI=1S/C9H16N4O4S/c1-7(2)6-18(16,17)10-3-4-13-5-8(9(14)15)11-12-13/h5,7,10H,3-4,6H2,1-2H3,(H,14,15). The fourth-order valence-electron chi connectivity index (χ4n) is 1.32. The van der Waals surface area contributed by atoms with Crippen LogP contribution in [0.2, 0.25) is 0 Å². The van der Waals surface area contributed by atoms with E-state index >= 15 is 0 Å². The Bertz CT molecular complexity index is 508. The van der Waals surface area contributed by atoms with Crippen LogP contribution in [0.1, 0.15) is 24.3 Å². The van der Waals surface area contributed by atoms with E-state index in [2.05, 4.69) is 15.0 Å². The molecule has 0 saturated heterocycles. The highest BCUT2D eigenvalue weighted by Crippen LogP contribution is 1.97. The van der Waals surface area contributed by atoms with Crippen molar-refractivity contribution in [2.75, 3.05) is 12.3 Å². The maximum absolute atomic E-state index is 11.5. The molecule has 0 radical (unpaired) electrons. The number of aromatic nitrogens is 3. The molecule has 0 bridgehead atoms. The number of carbonyl (C=O) groups is 1. The average molecular weight is 276 g/mol. The summed E-state index contributed by atoms with van der Waals surface area (Å²) >= 11 is 0. The summed E-state index contributed by atoms with van der Waals surface area (Å²) in [7, 11) is -3.29. The highest BCUT2D eigenvalue weighted by atomic mass is 32.2. The Morgan fingerprint density at radius 3 is 2.72 bits per heavy atom. The van der Waals surface area contributed by atoms with Gasteiger partial charge in [-0.15, -0.1) is 5.10 Å². The van der Waals surface area contributed by atoms with Crippen molar-refractivity contribution in [3.05, 3.63) is 11.9 Å².